The van der Waals surface area contributed by atoms with Crippen molar-refractivity contribution in [2.24, 2.45) is 0 Å². The van der Waals surface area contributed by atoms with Gasteiger partial charge in [-0.25, -0.2) is 4.79 Å². The summed E-state index contributed by atoms with van der Waals surface area (Å²) in [6.45, 7) is 0. The number of rotatable bonds is 4. The van der Waals surface area contributed by atoms with Gasteiger partial charge in [0.15, 0.2) is 0 Å². The quantitative estimate of drug-likeness (QED) is 0.644. The molecule has 17 heavy (non-hydrogen) atoms. The van der Waals surface area contributed by atoms with Gasteiger partial charge >= 0.3 is 5.97 Å². The van der Waals surface area contributed by atoms with Crippen molar-refractivity contribution in [3.05, 3.63) is 34.3 Å². The van der Waals surface area contributed by atoms with Crippen molar-refractivity contribution < 1.29 is 14.3 Å². The molecule has 0 radical (unpaired) electrons. The lowest BCUT2D eigenvalue weighted by Crippen LogP contribution is -2.29. The molecule has 0 aromatic carbocycles. The number of nitrogens with one attached hydrogen (secondary N) is 1. The zero-order valence-corrected chi connectivity index (χ0v) is 10.7. The number of nitrogens with zero attached hydrogens (tertiary/aromatic N) is 1. The predicted octanol–water partition coefficient (Wildman–Crippen LogP) is 1.05. The largest absolute Gasteiger partial charge is 0.464 e. The molecule has 0 unspecified atom stereocenters. The van der Waals surface area contributed by atoms with E-state index in [9.17, 15) is 9.59 Å². The molecule has 6 heteroatoms. The van der Waals surface area contributed by atoms with Crippen molar-refractivity contribution in [3.8, 4) is 0 Å². The van der Waals surface area contributed by atoms with Crippen LogP contribution in [0.4, 0.5) is 0 Å². The first-order chi connectivity index (χ1) is 8.04. The summed E-state index contributed by atoms with van der Waals surface area (Å²) in [5.41, 5.74) is 0.107. The van der Waals surface area contributed by atoms with Gasteiger partial charge in [0.25, 0.3) is 5.91 Å². The first-order valence-corrected chi connectivity index (χ1v) is 5.74. The highest BCUT2D eigenvalue weighted by Crippen LogP contribution is 2.09. The second-order valence-electron chi connectivity index (χ2n) is 3.43. The Bertz CT molecular complexity index is 424. The molecule has 0 aliphatic heterocycles. The van der Waals surface area contributed by atoms with Crippen LogP contribution in [0.25, 0.3) is 0 Å². The average Bonchev–Trinajstić information content (AvgIpc) is 2.79. The van der Waals surface area contributed by atoms with Gasteiger partial charge in [0, 0.05) is 20.3 Å². The average molecular weight is 254 g/mol. The monoisotopic (exact) mass is 254 g/mol. The molecular weight excluding hydrogens is 240 g/mol. The molecule has 0 aliphatic carbocycles. The van der Waals surface area contributed by atoms with Crippen LogP contribution in [0, 0.1) is 0 Å². The zero-order chi connectivity index (χ0) is 12.8. The van der Waals surface area contributed by atoms with Crippen molar-refractivity contribution in [2.75, 3.05) is 21.2 Å². The maximum atomic E-state index is 11.8. The van der Waals surface area contributed by atoms with Crippen LogP contribution in [0.3, 0.4) is 0 Å². The molecule has 92 valence electrons. The summed E-state index contributed by atoms with van der Waals surface area (Å²) < 4.78 is 4.59. The number of hydrogen-bond donors (Lipinski definition) is 1. The smallest absolute Gasteiger partial charge is 0.356 e. The van der Waals surface area contributed by atoms with Crippen molar-refractivity contribution in [3.63, 3.8) is 0 Å². The standard InChI is InChI=1S/C11H14N2O3S/c1-13(2)7-8(11(15)16-3)12-10(14)9-5-4-6-17-9/h4-7H,1-3H3,(H,12,14)/b8-7-. The molecular formula is C11H14N2O3S. The maximum absolute atomic E-state index is 11.8. The number of amides is 1. The van der Waals surface area contributed by atoms with E-state index in [-0.39, 0.29) is 11.6 Å². The number of esters is 1. The highest BCUT2D eigenvalue weighted by Gasteiger charge is 2.15. The van der Waals surface area contributed by atoms with E-state index in [1.54, 1.807) is 36.5 Å². The van der Waals surface area contributed by atoms with Crippen LogP contribution in [0.2, 0.25) is 0 Å². The Balaban J connectivity index is 2.81. The molecule has 5 nitrogen and oxygen atoms in total. The Morgan fingerprint density at radius 1 is 1.47 bits per heavy atom. The summed E-state index contributed by atoms with van der Waals surface area (Å²) in [4.78, 5) is 25.4. The fourth-order valence-corrected chi connectivity index (χ4v) is 1.71. The first kappa shape index (κ1) is 13.2. The van der Waals surface area contributed by atoms with Gasteiger partial charge in [0.05, 0.1) is 12.0 Å². The Morgan fingerprint density at radius 3 is 2.65 bits per heavy atom. The van der Waals surface area contributed by atoms with E-state index < -0.39 is 5.97 Å². The maximum Gasteiger partial charge on any atom is 0.356 e. The summed E-state index contributed by atoms with van der Waals surface area (Å²) in [6, 6.07) is 3.46. The van der Waals surface area contributed by atoms with Crippen molar-refractivity contribution in [2.45, 2.75) is 0 Å². The number of methoxy groups -OCH3 is 1. The first-order valence-electron chi connectivity index (χ1n) is 4.86. The molecule has 0 fully saturated rings. The summed E-state index contributed by atoms with van der Waals surface area (Å²) >= 11 is 1.31. The van der Waals surface area contributed by atoms with Crippen molar-refractivity contribution >= 4 is 23.2 Å². The highest BCUT2D eigenvalue weighted by molar-refractivity contribution is 7.12. The molecule has 0 saturated carbocycles. The molecule has 1 heterocycles. The summed E-state index contributed by atoms with van der Waals surface area (Å²) in [5.74, 6) is -0.901. The van der Waals surface area contributed by atoms with Crippen LogP contribution in [-0.4, -0.2) is 38.0 Å². The van der Waals surface area contributed by atoms with Crippen LogP contribution < -0.4 is 5.32 Å². The molecule has 0 bridgehead atoms. The molecule has 1 N–H and O–H groups in total. The summed E-state index contributed by atoms with van der Waals surface area (Å²) in [6.07, 6.45) is 1.50. The van der Waals surface area contributed by atoms with Crippen LogP contribution in [0.15, 0.2) is 29.4 Å². The van der Waals surface area contributed by atoms with Gasteiger partial charge in [-0.05, 0) is 11.4 Å². The minimum Gasteiger partial charge on any atom is -0.464 e. The van der Waals surface area contributed by atoms with Crippen LogP contribution in [0.5, 0.6) is 0 Å². The Hall–Kier alpha value is -1.82. The van der Waals surface area contributed by atoms with Crippen molar-refractivity contribution in [1.82, 2.24) is 10.2 Å². The fourth-order valence-electron chi connectivity index (χ4n) is 1.10. The second-order valence-corrected chi connectivity index (χ2v) is 4.38. The number of hydrogen-bond acceptors (Lipinski definition) is 5. The number of ether oxygens (including phenoxy) is 1. The van der Waals surface area contributed by atoms with E-state index >= 15 is 0 Å². The lowest BCUT2D eigenvalue weighted by molar-refractivity contribution is -0.136. The highest BCUT2D eigenvalue weighted by atomic mass is 32.1. The van der Waals surface area contributed by atoms with Crippen LogP contribution in [0.1, 0.15) is 9.67 Å². The topological polar surface area (TPSA) is 58.6 Å². The van der Waals surface area contributed by atoms with Gasteiger partial charge in [-0.15, -0.1) is 11.3 Å². The molecule has 0 aliphatic rings. The predicted molar refractivity (Wildman–Crippen MR) is 65.6 cm³/mol. The third-order valence-corrected chi connectivity index (χ3v) is 2.65. The lowest BCUT2D eigenvalue weighted by Gasteiger charge is -2.11. The van der Waals surface area contributed by atoms with Gasteiger partial charge < -0.3 is 15.0 Å². The Morgan fingerprint density at radius 2 is 2.18 bits per heavy atom. The zero-order valence-electron chi connectivity index (χ0n) is 9.89. The molecule has 1 aromatic heterocycles. The van der Waals surface area contributed by atoms with Crippen LogP contribution >= 0.6 is 11.3 Å². The van der Waals surface area contributed by atoms with Gasteiger partial charge in [-0.2, -0.15) is 0 Å². The van der Waals surface area contributed by atoms with Gasteiger partial charge in [-0.3, -0.25) is 4.79 Å². The third-order valence-electron chi connectivity index (χ3n) is 1.79. The van der Waals surface area contributed by atoms with Gasteiger partial charge in [0.2, 0.25) is 0 Å². The molecule has 1 amide bonds. The summed E-state index contributed by atoms with van der Waals surface area (Å²) in [7, 11) is 4.77. The van der Waals surface area contributed by atoms with E-state index in [1.165, 1.54) is 24.6 Å². The lowest BCUT2D eigenvalue weighted by atomic mass is 10.4. The van der Waals surface area contributed by atoms with E-state index in [0.717, 1.165) is 0 Å². The fraction of sp³-hybridized carbons (Fsp3) is 0.273. The van der Waals surface area contributed by atoms with E-state index in [0.29, 0.717) is 4.88 Å². The Labute approximate surface area is 104 Å². The van der Waals surface area contributed by atoms with Crippen molar-refractivity contribution in [1.29, 1.82) is 0 Å². The molecule has 0 saturated heterocycles. The number of carbonyl (C=O) groups excluding carboxylic acids is 2. The number of thiophene rings is 1. The summed E-state index contributed by atoms with van der Waals surface area (Å²) in [5, 5.41) is 4.31. The minimum atomic E-state index is -0.580. The molecule has 0 spiro atoms. The van der Waals surface area contributed by atoms with Gasteiger partial charge in [0.1, 0.15) is 5.70 Å². The van der Waals surface area contributed by atoms with Gasteiger partial charge in [-0.1, -0.05) is 6.07 Å². The Kier molecular flexibility index (Phi) is 4.71. The molecule has 1 rings (SSSR count). The third kappa shape index (κ3) is 3.92. The van der Waals surface area contributed by atoms with E-state index in [2.05, 4.69) is 10.1 Å². The molecule has 0 atom stereocenters. The number of carbonyl (C=O) groups is 2. The van der Waals surface area contributed by atoms with E-state index in [1.807, 2.05) is 0 Å². The van der Waals surface area contributed by atoms with E-state index in [4.69, 9.17) is 0 Å². The minimum absolute atomic E-state index is 0.107. The SMILES string of the molecule is COC(=O)/C(=C/N(C)C)NC(=O)c1cccs1. The second kappa shape index (κ2) is 6.05. The van der Waals surface area contributed by atoms with Crippen LogP contribution in [-0.2, 0) is 9.53 Å². The molecule has 1 aromatic rings. The normalized spacial score (nSPS) is 10.9.